The van der Waals surface area contributed by atoms with Gasteiger partial charge >= 0.3 is 0 Å². The van der Waals surface area contributed by atoms with Crippen LogP contribution in [-0.2, 0) is 0 Å². The first-order valence-corrected chi connectivity index (χ1v) is 5.44. The molecule has 4 heteroatoms. The molecule has 1 amide bonds. The van der Waals surface area contributed by atoms with Crippen molar-refractivity contribution in [3.63, 3.8) is 0 Å². The second-order valence-corrected chi connectivity index (χ2v) is 4.36. The Morgan fingerprint density at radius 2 is 2.43 bits per heavy atom. The molecule has 0 radical (unpaired) electrons. The summed E-state index contributed by atoms with van der Waals surface area (Å²) in [6.45, 7) is 0.799. The number of hydrogen-bond acceptors (Lipinski definition) is 2. The number of nitrogens with zero attached hydrogens (tertiary/aromatic N) is 1. The maximum absolute atomic E-state index is 11.6. The van der Waals surface area contributed by atoms with Crippen LogP contribution in [0.1, 0.15) is 23.2 Å². The van der Waals surface area contributed by atoms with E-state index >= 15 is 0 Å². The van der Waals surface area contributed by atoms with Crippen LogP contribution >= 0.6 is 15.9 Å². The van der Waals surface area contributed by atoms with Gasteiger partial charge in [0.25, 0.3) is 5.91 Å². The zero-order valence-corrected chi connectivity index (χ0v) is 9.25. The van der Waals surface area contributed by atoms with Gasteiger partial charge in [-0.3, -0.25) is 9.78 Å². The molecule has 14 heavy (non-hydrogen) atoms. The van der Waals surface area contributed by atoms with E-state index in [0.717, 1.165) is 11.0 Å². The highest BCUT2D eigenvalue weighted by atomic mass is 79.9. The fourth-order valence-electron chi connectivity index (χ4n) is 1.21. The Hall–Kier alpha value is -0.900. The van der Waals surface area contributed by atoms with Crippen LogP contribution in [0, 0.1) is 5.92 Å². The molecule has 1 saturated carbocycles. The van der Waals surface area contributed by atoms with Crippen molar-refractivity contribution in [2.45, 2.75) is 12.8 Å². The molecule has 1 aliphatic rings. The average Bonchev–Trinajstić information content (AvgIpc) is 2.98. The Morgan fingerprint density at radius 1 is 1.64 bits per heavy atom. The van der Waals surface area contributed by atoms with Crippen LogP contribution in [0.15, 0.2) is 22.9 Å². The van der Waals surface area contributed by atoms with Crippen LogP contribution in [-0.4, -0.2) is 17.4 Å². The molecule has 0 unspecified atom stereocenters. The molecule has 0 aliphatic heterocycles. The molecule has 0 atom stereocenters. The third-order valence-corrected chi connectivity index (χ3v) is 2.90. The first-order chi connectivity index (χ1) is 6.77. The number of aromatic nitrogens is 1. The van der Waals surface area contributed by atoms with Crippen molar-refractivity contribution >= 4 is 21.8 Å². The summed E-state index contributed by atoms with van der Waals surface area (Å²) in [7, 11) is 0. The zero-order valence-electron chi connectivity index (χ0n) is 7.66. The molecule has 1 aromatic rings. The van der Waals surface area contributed by atoms with Gasteiger partial charge in [0.05, 0.1) is 5.56 Å². The molecule has 1 N–H and O–H groups in total. The van der Waals surface area contributed by atoms with Crippen molar-refractivity contribution in [2.75, 3.05) is 6.54 Å². The lowest BCUT2D eigenvalue weighted by Gasteiger charge is -2.04. The highest BCUT2D eigenvalue weighted by Gasteiger charge is 2.22. The van der Waals surface area contributed by atoms with Gasteiger partial charge in [0.2, 0.25) is 0 Å². The molecule has 1 aromatic heterocycles. The number of nitrogens with one attached hydrogen (secondary N) is 1. The van der Waals surface area contributed by atoms with Gasteiger partial charge in [-0.05, 0) is 40.8 Å². The highest BCUT2D eigenvalue weighted by molar-refractivity contribution is 9.10. The fourth-order valence-corrected chi connectivity index (χ4v) is 1.64. The summed E-state index contributed by atoms with van der Waals surface area (Å²) in [4.78, 5) is 15.5. The molecule has 74 valence electrons. The van der Waals surface area contributed by atoms with E-state index in [-0.39, 0.29) is 5.91 Å². The number of pyridine rings is 1. The molecule has 1 aliphatic carbocycles. The number of amides is 1. The largest absolute Gasteiger partial charge is 0.352 e. The fraction of sp³-hybridized carbons (Fsp3) is 0.400. The van der Waals surface area contributed by atoms with Crippen molar-refractivity contribution in [1.29, 1.82) is 0 Å². The third-order valence-electron chi connectivity index (χ3n) is 2.27. The Labute approximate surface area is 91.0 Å². The summed E-state index contributed by atoms with van der Waals surface area (Å²) in [6.07, 6.45) is 5.75. The van der Waals surface area contributed by atoms with Gasteiger partial charge in [-0.2, -0.15) is 0 Å². The molecule has 3 nitrogen and oxygen atoms in total. The van der Waals surface area contributed by atoms with Crippen LogP contribution in [0.25, 0.3) is 0 Å². The van der Waals surface area contributed by atoms with Gasteiger partial charge in [0, 0.05) is 23.4 Å². The number of hydrogen-bond donors (Lipinski definition) is 1. The summed E-state index contributed by atoms with van der Waals surface area (Å²) < 4.78 is 0.744. The van der Waals surface area contributed by atoms with E-state index in [9.17, 15) is 4.79 Å². The van der Waals surface area contributed by atoms with E-state index < -0.39 is 0 Å². The van der Waals surface area contributed by atoms with Crippen LogP contribution in [0.3, 0.4) is 0 Å². The lowest BCUT2D eigenvalue weighted by atomic mass is 10.2. The van der Waals surface area contributed by atoms with Gasteiger partial charge in [0.15, 0.2) is 0 Å². The van der Waals surface area contributed by atoms with Gasteiger partial charge in [0.1, 0.15) is 0 Å². The number of halogens is 1. The Bertz CT molecular complexity index is 350. The second-order valence-electron chi connectivity index (χ2n) is 3.51. The van der Waals surface area contributed by atoms with Crippen LogP contribution in [0.5, 0.6) is 0 Å². The first kappa shape index (κ1) is 9.65. The van der Waals surface area contributed by atoms with Crippen LogP contribution in [0.4, 0.5) is 0 Å². The van der Waals surface area contributed by atoms with Crippen molar-refractivity contribution in [3.8, 4) is 0 Å². The van der Waals surface area contributed by atoms with Crippen molar-refractivity contribution in [2.24, 2.45) is 5.92 Å². The average molecular weight is 255 g/mol. The Morgan fingerprint density at radius 3 is 3.07 bits per heavy atom. The van der Waals surface area contributed by atoms with Gasteiger partial charge in [-0.15, -0.1) is 0 Å². The van der Waals surface area contributed by atoms with E-state index in [2.05, 4.69) is 26.2 Å². The molecule has 1 heterocycles. The van der Waals surface area contributed by atoms with E-state index in [1.807, 2.05) is 0 Å². The minimum Gasteiger partial charge on any atom is -0.352 e. The first-order valence-electron chi connectivity index (χ1n) is 4.65. The van der Waals surface area contributed by atoms with Gasteiger partial charge < -0.3 is 5.32 Å². The number of carbonyl (C=O) groups excluding carboxylic acids is 1. The molecular formula is C10H11BrN2O. The summed E-state index contributed by atoms with van der Waals surface area (Å²) in [5.41, 5.74) is 0.653. The topological polar surface area (TPSA) is 42.0 Å². The van der Waals surface area contributed by atoms with Crippen LogP contribution in [0.2, 0.25) is 0 Å². The van der Waals surface area contributed by atoms with Crippen molar-refractivity contribution in [1.82, 2.24) is 10.3 Å². The minimum absolute atomic E-state index is 0.0221. The predicted octanol–water partition coefficient (Wildman–Crippen LogP) is 1.98. The zero-order chi connectivity index (χ0) is 9.97. The Kier molecular flexibility index (Phi) is 2.82. The summed E-state index contributed by atoms with van der Waals surface area (Å²) in [5, 5.41) is 2.90. The molecule has 0 aromatic carbocycles. The van der Waals surface area contributed by atoms with E-state index in [4.69, 9.17) is 0 Å². The smallest absolute Gasteiger partial charge is 0.252 e. The van der Waals surface area contributed by atoms with E-state index in [1.165, 1.54) is 12.8 Å². The number of rotatable bonds is 3. The standard InChI is InChI=1S/C10H11BrN2O/c11-9-6-12-4-3-8(9)10(14)13-5-7-1-2-7/h3-4,6-7H,1-2,5H2,(H,13,14). The summed E-state index contributed by atoms with van der Waals surface area (Å²) in [5.74, 6) is 0.686. The Balaban J connectivity index is 1.98. The summed E-state index contributed by atoms with van der Waals surface area (Å²) in [6, 6.07) is 1.71. The lowest BCUT2D eigenvalue weighted by molar-refractivity contribution is 0.0951. The van der Waals surface area contributed by atoms with Gasteiger partial charge in [-0.25, -0.2) is 0 Å². The van der Waals surface area contributed by atoms with E-state index in [0.29, 0.717) is 11.5 Å². The van der Waals surface area contributed by atoms with Crippen molar-refractivity contribution < 1.29 is 4.79 Å². The molecule has 0 spiro atoms. The molecule has 1 fully saturated rings. The maximum atomic E-state index is 11.6. The normalized spacial score (nSPS) is 15.2. The lowest BCUT2D eigenvalue weighted by Crippen LogP contribution is -2.25. The maximum Gasteiger partial charge on any atom is 0.252 e. The SMILES string of the molecule is O=C(NCC1CC1)c1ccncc1Br. The molecule has 2 rings (SSSR count). The predicted molar refractivity (Wildman–Crippen MR) is 57.0 cm³/mol. The quantitative estimate of drug-likeness (QED) is 0.897. The summed E-state index contributed by atoms with van der Waals surface area (Å²) >= 11 is 3.30. The highest BCUT2D eigenvalue weighted by Crippen LogP contribution is 2.27. The van der Waals surface area contributed by atoms with Crippen molar-refractivity contribution in [3.05, 3.63) is 28.5 Å². The van der Waals surface area contributed by atoms with Gasteiger partial charge in [-0.1, -0.05) is 0 Å². The molecule has 0 bridgehead atoms. The molecule has 0 saturated heterocycles. The number of carbonyl (C=O) groups is 1. The van der Waals surface area contributed by atoms with Crippen LogP contribution < -0.4 is 5.32 Å². The monoisotopic (exact) mass is 254 g/mol. The second kappa shape index (κ2) is 4.09. The van der Waals surface area contributed by atoms with E-state index in [1.54, 1.807) is 18.5 Å². The molecular weight excluding hydrogens is 244 g/mol. The minimum atomic E-state index is -0.0221. The third kappa shape index (κ3) is 2.32.